The van der Waals surface area contributed by atoms with Crippen LogP contribution in [0.15, 0.2) is 54.6 Å². The van der Waals surface area contributed by atoms with Crippen molar-refractivity contribution >= 4 is 0 Å². The SMILES string of the molecule is c1ccc([C@H]2C[C@H]3O[C@@H]2c2ccccc23)cc1. The second-order valence-corrected chi connectivity index (χ2v) is 4.93. The van der Waals surface area contributed by atoms with Gasteiger partial charge in [-0.2, -0.15) is 0 Å². The first-order valence-corrected chi connectivity index (χ1v) is 6.23. The standard InChI is InChI=1S/C16H14O/c1-2-6-11(7-3-1)14-10-15-12-8-4-5-9-13(12)16(14)17-15/h1-9,14-16H,10H2/t14-,15-,16-/m1/s1. The number of hydrogen-bond acceptors (Lipinski definition) is 1. The van der Waals surface area contributed by atoms with Crippen molar-refractivity contribution in [2.24, 2.45) is 0 Å². The van der Waals surface area contributed by atoms with Crippen LogP contribution in [0.2, 0.25) is 0 Å². The number of benzene rings is 2. The van der Waals surface area contributed by atoms with Crippen LogP contribution in [0.25, 0.3) is 0 Å². The van der Waals surface area contributed by atoms with Gasteiger partial charge in [-0.05, 0) is 23.1 Å². The topological polar surface area (TPSA) is 9.23 Å². The number of hydrogen-bond donors (Lipinski definition) is 0. The summed E-state index contributed by atoms with van der Waals surface area (Å²) in [6.45, 7) is 0. The van der Waals surface area contributed by atoms with Crippen LogP contribution in [-0.2, 0) is 4.74 Å². The lowest BCUT2D eigenvalue weighted by Gasteiger charge is -2.21. The molecule has 84 valence electrons. The van der Waals surface area contributed by atoms with Crippen molar-refractivity contribution in [3.8, 4) is 0 Å². The van der Waals surface area contributed by atoms with Crippen molar-refractivity contribution in [1.29, 1.82) is 0 Å². The zero-order chi connectivity index (χ0) is 11.2. The van der Waals surface area contributed by atoms with Gasteiger partial charge in [0.1, 0.15) is 0 Å². The maximum absolute atomic E-state index is 6.11. The van der Waals surface area contributed by atoms with Crippen molar-refractivity contribution in [2.45, 2.75) is 24.5 Å². The van der Waals surface area contributed by atoms with Crippen molar-refractivity contribution in [3.63, 3.8) is 0 Å². The first-order chi connectivity index (χ1) is 8.43. The summed E-state index contributed by atoms with van der Waals surface area (Å²) in [4.78, 5) is 0. The maximum Gasteiger partial charge on any atom is 0.0906 e. The van der Waals surface area contributed by atoms with Crippen molar-refractivity contribution in [1.82, 2.24) is 0 Å². The van der Waals surface area contributed by atoms with Crippen LogP contribution in [0, 0.1) is 0 Å². The summed E-state index contributed by atoms with van der Waals surface area (Å²) < 4.78 is 6.11. The number of fused-ring (bicyclic) bond motifs is 5. The van der Waals surface area contributed by atoms with Crippen LogP contribution < -0.4 is 0 Å². The molecule has 1 nitrogen and oxygen atoms in total. The van der Waals surface area contributed by atoms with Gasteiger partial charge in [-0.15, -0.1) is 0 Å². The fraction of sp³-hybridized carbons (Fsp3) is 0.250. The highest BCUT2D eigenvalue weighted by molar-refractivity contribution is 5.41. The van der Waals surface area contributed by atoms with Crippen LogP contribution >= 0.6 is 0 Å². The number of rotatable bonds is 1. The minimum absolute atomic E-state index is 0.276. The molecule has 2 aliphatic heterocycles. The first-order valence-electron chi connectivity index (χ1n) is 6.23. The Bertz CT molecular complexity index is 546. The molecule has 0 radical (unpaired) electrons. The summed E-state index contributed by atoms with van der Waals surface area (Å²) in [5.41, 5.74) is 4.22. The molecular formula is C16H14O. The Balaban J connectivity index is 1.77. The fourth-order valence-electron chi connectivity index (χ4n) is 3.25. The Kier molecular flexibility index (Phi) is 1.91. The largest absolute Gasteiger partial charge is 0.365 e. The summed E-state index contributed by atoms with van der Waals surface area (Å²) in [6, 6.07) is 19.4. The molecule has 0 spiro atoms. The van der Waals surface area contributed by atoms with E-state index in [1.54, 1.807) is 0 Å². The fourth-order valence-corrected chi connectivity index (χ4v) is 3.25. The highest BCUT2D eigenvalue weighted by Gasteiger charge is 2.45. The van der Waals surface area contributed by atoms with Crippen LogP contribution in [0.4, 0.5) is 0 Å². The molecule has 2 aromatic carbocycles. The van der Waals surface area contributed by atoms with Crippen LogP contribution in [0.5, 0.6) is 0 Å². The van der Waals surface area contributed by atoms with Gasteiger partial charge in [-0.25, -0.2) is 0 Å². The highest BCUT2D eigenvalue weighted by atomic mass is 16.5. The van der Waals surface area contributed by atoms with Crippen LogP contribution in [-0.4, -0.2) is 0 Å². The van der Waals surface area contributed by atoms with Gasteiger partial charge in [0.2, 0.25) is 0 Å². The lowest BCUT2D eigenvalue weighted by Crippen LogP contribution is -2.08. The quantitative estimate of drug-likeness (QED) is 0.709. The van der Waals surface area contributed by atoms with Gasteiger partial charge in [0.05, 0.1) is 12.2 Å². The van der Waals surface area contributed by atoms with E-state index in [2.05, 4.69) is 54.6 Å². The van der Waals surface area contributed by atoms with Gasteiger partial charge in [-0.1, -0.05) is 54.6 Å². The van der Waals surface area contributed by atoms with Gasteiger partial charge < -0.3 is 4.74 Å². The molecule has 0 unspecified atom stereocenters. The van der Waals surface area contributed by atoms with Gasteiger partial charge in [0, 0.05) is 5.92 Å². The summed E-state index contributed by atoms with van der Waals surface area (Å²) in [5.74, 6) is 0.538. The van der Waals surface area contributed by atoms with Crippen LogP contribution in [0.3, 0.4) is 0 Å². The highest BCUT2D eigenvalue weighted by Crippen LogP contribution is 2.57. The molecule has 0 aromatic heterocycles. The normalized spacial score (nSPS) is 29.3. The lowest BCUT2D eigenvalue weighted by atomic mass is 9.80. The molecule has 1 saturated heterocycles. The summed E-state index contributed by atoms with van der Waals surface area (Å²) >= 11 is 0. The van der Waals surface area contributed by atoms with E-state index in [4.69, 9.17) is 4.74 Å². The zero-order valence-corrected chi connectivity index (χ0v) is 9.54. The van der Waals surface area contributed by atoms with Gasteiger partial charge in [0.25, 0.3) is 0 Å². The van der Waals surface area contributed by atoms with E-state index in [1.165, 1.54) is 16.7 Å². The Morgan fingerprint density at radius 3 is 2.35 bits per heavy atom. The number of ether oxygens (including phenoxy) is 1. The van der Waals surface area contributed by atoms with E-state index < -0.39 is 0 Å². The Hall–Kier alpha value is -1.60. The lowest BCUT2D eigenvalue weighted by molar-refractivity contribution is 0.0675. The van der Waals surface area contributed by atoms with Gasteiger partial charge in [-0.3, -0.25) is 0 Å². The molecular weight excluding hydrogens is 208 g/mol. The molecule has 2 aliphatic rings. The maximum atomic E-state index is 6.11. The van der Waals surface area contributed by atoms with E-state index in [1.807, 2.05) is 0 Å². The minimum atomic E-state index is 0.276. The molecule has 4 rings (SSSR count). The molecule has 3 atom stereocenters. The molecule has 17 heavy (non-hydrogen) atoms. The molecule has 0 saturated carbocycles. The molecule has 1 heteroatoms. The zero-order valence-electron chi connectivity index (χ0n) is 9.54. The third-order valence-electron chi connectivity index (χ3n) is 4.02. The van der Waals surface area contributed by atoms with E-state index in [0.29, 0.717) is 12.0 Å². The van der Waals surface area contributed by atoms with Crippen molar-refractivity contribution < 1.29 is 4.74 Å². The molecule has 2 aromatic rings. The minimum Gasteiger partial charge on any atom is -0.365 e. The van der Waals surface area contributed by atoms with Crippen molar-refractivity contribution in [2.75, 3.05) is 0 Å². The third kappa shape index (κ3) is 1.29. The molecule has 2 heterocycles. The molecule has 1 fully saturated rings. The first kappa shape index (κ1) is 9.43. The summed E-state index contributed by atoms with van der Waals surface area (Å²) in [7, 11) is 0. The Labute approximate surface area is 101 Å². The van der Waals surface area contributed by atoms with E-state index in [-0.39, 0.29) is 6.10 Å². The molecule has 0 amide bonds. The van der Waals surface area contributed by atoms with Crippen LogP contribution in [0.1, 0.15) is 41.2 Å². The van der Waals surface area contributed by atoms with Crippen molar-refractivity contribution in [3.05, 3.63) is 71.3 Å². The third-order valence-corrected chi connectivity index (χ3v) is 4.02. The Morgan fingerprint density at radius 1 is 0.824 bits per heavy atom. The predicted molar refractivity (Wildman–Crippen MR) is 66.8 cm³/mol. The van der Waals surface area contributed by atoms with Gasteiger partial charge >= 0.3 is 0 Å². The summed E-state index contributed by atoms with van der Waals surface area (Å²) in [5, 5.41) is 0. The molecule has 2 bridgehead atoms. The average Bonchev–Trinajstić information content (AvgIpc) is 2.99. The summed E-state index contributed by atoms with van der Waals surface area (Å²) in [6.07, 6.45) is 1.73. The smallest absolute Gasteiger partial charge is 0.0906 e. The van der Waals surface area contributed by atoms with E-state index in [9.17, 15) is 0 Å². The monoisotopic (exact) mass is 222 g/mol. The molecule has 0 N–H and O–H groups in total. The van der Waals surface area contributed by atoms with E-state index in [0.717, 1.165) is 6.42 Å². The average molecular weight is 222 g/mol. The second-order valence-electron chi connectivity index (χ2n) is 4.93. The second kappa shape index (κ2) is 3.44. The molecule has 0 aliphatic carbocycles. The Morgan fingerprint density at radius 2 is 1.53 bits per heavy atom. The van der Waals surface area contributed by atoms with Gasteiger partial charge in [0.15, 0.2) is 0 Å². The van der Waals surface area contributed by atoms with E-state index >= 15 is 0 Å². The predicted octanol–water partition coefficient (Wildman–Crippen LogP) is 3.99.